The third kappa shape index (κ3) is 3.04. The van der Waals surface area contributed by atoms with Gasteiger partial charge in [-0.1, -0.05) is 13.0 Å². The number of aryl methyl sites for hydroxylation is 2. The molecule has 0 amide bonds. The Bertz CT molecular complexity index is 547. The molecule has 2 rings (SSSR count). The lowest BCUT2D eigenvalue weighted by Gasteiger charge is -2.20. The summed E-state index contributed by atoms with van der Waals surface area (Å²) in [6, 6.07) is 6.97. The second kappa shape index (κ2) is 6.02. The van der Waals surface area contributed by atoms with Crippen molar-refractivity contribution in [2.75, 3.05) is 6.54 Å². The Morgan fingerprint density at radius 1 is 1.21 bits per heavy atom. The summed E-state index contributed by atoms with van der Waals surface area (Å²) in [7, 11) is 0. The summed E-state index contributed by atoms with van der Waals surface area (Å²) < 4.78 is 18.6. The number of nitrogens with one attached hydrogen (secondary N) is 1. The van der Waals surface area contributed by atoms with Crippen LogP contribution in [0.4, 0.5) is 4.39 Å². The van der Waals surface area contributed by atoms with Crippen molar-refractivity contribution < 1.29 is 8.81 Å². The van der Waals surface area contributed by atoms with E-state index in [1.165, 1.54) is 6.07 Å². The molecule has 1 aromatic heterocycles. The van der Waals surface area contributed by atoms with Crippen molar-refractivity contribution in [3.8, 4) is 0 Å². The lowest BCUT2D eigenvalue weighted by atomic mass is 9.95. The van der Waals surface area contributed by atoms with Crippen LogP contribution in [0.5, 0.6) is 0 Å². The number of furan rings is 1. The van der Waals surface area contributed by atoms with Crippen molar-refractivity contribution in [1.29, 1.82) is 0 Å². The summed E-state index contributed by atoms with van der Waals surface area (Å²) in [6.45, 7) is 6.93. The standard InChI is InChI=1S/C16H20FNO/c1-4-8-18-16(15-7-9-19-12(15)3)14-6-5-13(17)10-11(14)2/h5-7,9-10,16,18H,4,8H2,1-3H3. The lowest BCUT2D eigenvalue weighted by molar-refractivity contribution is 0.516. The van der Waals surface area contributed by atoms with Crippen LogP contribution in [0.15, 0.2) is 34.9 Å². The Morgan fingerprint density at radius 3 is 2.58 bits per heavy atom. The first kappa shape index (κ1) is 13.8. The molecule has 1 N–H and O–H groups in total. The van der Waals surface area contributed by atoms with Gasteiger partial charge < -0.3 is 9.73 Å². The predicted molar refractivity (Wildman–Crippen MR) is 74.7 cm³/mol. The molecule has 0 aliphatic rings. The van der Waals surface area contributed by atoms with E-state index in [0.717, 1.165) is 35.4 Å². The molecule has 1 aromatic carbocycles. The fourth-order valence-electron chi connectivity index (χ4n) is 2.33. The van der Waals surface area contributed by atoms with Gasteiger partial charge in [-0.3, -0.25) is 0 Å². The zero-order valence-corrected chi connectivity index (χ0v) is 11.7. The first-order valence-corrected chi connectivity index (χ1v) is 6.67. The maximum atomic E-state index is 13.2. The van der Waals surface area contributed by atoms with Crippen molar-refractivity contribution in [2.24, 2.45) is 0 Å². The molecule has 0 aliphatic carbocycles. The first-order chi connectivity index (χ1) is 9.13. The number of hydrogen-bond donors (Lipinski definition) is 1. The van der Waals surface area contributed by atoms with Gasteiger partial charge in [0, 0.05) is 5.56 Å². The monoisotopic (exact) mass is 261 g/mol. The number of halogens is 1. The molecule has 0 saturated heterocycles. The average molecular weight is 261 g/mol. The molecule has 0 saturated carbocycles. The minimum Gasteiger partial charge on any atom is -0.469 e. The third-order valence-electron chi connectivity index (χ3n) is 3.35. The van der Waals surface area contributed by atoms with Crippen LogP contribution >= 0.6 is 0 Å². The molecular weight excluding hydrogens is 241 g/mol. The molecular formula is C16H20FNO. The quantitative estimate of drug-likeness (QED) is 0.875. The maximum absolute atomic E-state index is 13.2. The van der Waals surface area contributed by atoms with Gasteiger partial charge in [0.1, 0.15) is 11.6 Å². The van der Waals surface area contributed by atoms with Gasteiger partial charge in [0.05, 0.1) is 12.3 Å². The van der Waals surface area contributed by atoms with E-state index in [1.54, 1.807) is 12.3 Å². The van der Waals surface area contributed by atoms with Crippen molar-refractivity contribution in [2.45, 2.75) is 33.2 Å². The highest BCUT2D eigenvalue weighted by atomic mass is 19.1. The van der Waals surface area contributed by atoms with Crippen LogP contribution in [0.1, 0.15) is 41.8 Å². The third-order valence-corrected chi connectivity index (χ3v) is 3.35. The Hall–Kier alpha value is -1.61. The minimum atomic E-state index is -0.195. The number of rotatable bonds is 5. The highest BCUT2D eigenvalue weighted by Crippen LogP contribution is 2.28. The predicted octanol–water partition coefficient (Wildman–Crippen LogP) is 4.12. The van der Waals surface area contributed by atoms with Crippen LogP contribution in [0, 0.1) is 19.7 Å². The Balaban J connectivity index is 2.40. The van der Waals surface area contributed by atoms with E-state index in [1.807, 2.05) is 26.0 Å². The molecule has 0 fully saturated rings. The summed E-state index contributed by atoms with van der Waals surface area (Å²) in [5, 5.41) is 3.51. The second-order valence-electron chi connectivity index (χ2n) is 4.82. The van der Waals surface area contributed by atoms with Crippen LogP contribution in [0.3, 0.4) is 0 Å². The summed E-state index contributed by atoms with van der Waals surface area (Å²) in [4.78, 5) is 0. The molecule has 0 radical (unpaired) electrons. The Kier molecular flexibility index (Phi) is 4.38. The van der Waals surface area contributed by atoms with E-state index in [4.69, 9.17) is 4.42 Å². The highest BCUT2D eigenvalue weighted by molar-refractivity contribution is 5.38. The largest absolute Gasteiger partial charge is 0.469 e. The van der Waals surface area contributed by atoms with Crippen LogP contribution < -0.4 is 5.32 Å². The molecule has 0 bridgehead atoms. The van der Waals surface area contributed by atoms with Crippen molar-refractivity contribution in [1.82, 2.24) is 5.32 Å². The molecule has 102 valence electrons. The van der Waals surface area contributed by atoms with Gasteiger partial charge in [-0.2, -0.15) is 0 Å². The van der Waals surface area contributed by atoms with E-state index >= 15 is 0 Å². The van der Waals surface area contributed by atoms with Crippen molar-refractivity contribution in [3.05, 3.63) is 58.8 Å². The van der Waals surface area contributed by atoms with Gasteiger partial charge in [0.2, 0.25) is 0 Å². The summed E-state index contributed by atoms with van der Waals surface area (Å²) >= 11 is 0. The van der Waals surface area contributed by atoms with E-state index in [-0.39, 0.29) is 11.9 Å². The molecule has 2 aromatic rings. The zero-order valence-electron chi connectivity index (χ0n) is 11.7. The molecule has 3 heteroatoms. The van der Waals surface area contributed by atoms with Crippen molar-refractivity contribution >= 4 is 0 Å². The lowest BCUT2D eigenvalue weighted by Crippen LogP contribution is -2.24. The Morgan fingerprint density at radius 2 is 2.00 bits per heavy atom. The van der Waals surface area contributed by atoms with E-state index in [9.17, 15) is 4.39 Å². The van der Waals surface area contributed by atoms with Crippen LogP contribution in [-0.2, 0) is 0 Å². The van der Waals surface area contributed by atoms with E-state index < -0.39 is 0 Å². The van der Waals surface area contributed by atoms with Gasteiger partial charge in [-0.15, -0.1) is 0 Å². The topological polar surface area (TPSA) is 25.2 Å². The smallest absolute Gasteiger partial charge is 0.123 e. The molecule has 2 nitrogen and oxygen atoms in total. The minimum absolute atomic E-state index is 0.0549. The zero-order chi connectivity index (χ0) is 13.8. The maximum Gasteiger partial charge on any atom is 0.123 e. The van der Waals surface area contributed by atoms with E-state index in [0.29, 0.717) is 0 Å². The molecule has 19 heavy (non-hydrogen) atoms. The molecule has 1 heterocycles. The number of benzene rings is 1. The van der Waals surface area contributed by atoms with Crippen LogP contribution in [0.25, 0.3) is 0 Å². The molecule has 1 unspecified atom stereocenters. The second-order valence-corrected chi connectivity index (χ2v) is 4.82. The van der Waals surface area contributed by atoms with Crippen molar-refractivity contribution in [3.63, 3.8) is 0 Å². The molecule has 1 atom stereocenters. The van der Waals surface area contributed by atoms with Gasteiger partial charge in [0.25, 0.3) is 0 Å². The summed E-state index contributed by atoms with van der Waals surface area (Å²) in [5.41, 5.74) is 3.16. The normalized spacial score (nSPS) is 12.6. The molecule has 0 aliphatic heterocycles. The average Bonchev–Trinajstić information content (AvgIpc) is 2.78. The highest BCUT2D eigenvalue weighted by Gasteiger charge is 2.19. The van der Waals surface area contributed by atoms with Gasteiger partial charge >= 0.3 is 0 Å². The van der Waals surface area contributed by atoms with E-state index in [2.05, 4.69) is 12.2 Å². The Labute approximate surface area is 113 Å². The first-order valence-electron chi connectivity index (χ1n) is 6.67. The van der Waals surface area contributed by atoms with Gasteiger partial charge in [-0.25, -0.2) is 4.39 Å². The summed E-state index contributed by atoms with van der Waals surface area (Å²) in [5.74, 6) is 0.705. The fourth-order valence-corrected chi connectivity index (χ4v) is 2.33. The SMILES string of the molecule is CCCNC(c1ccc(F)cc1C)c1ccoc1C. The van der Waals surface area contributed by atoms with Gasteiger partial charge in [0.15, 0.2) is 0 Å². The van der Waals surface area contributed by atoms with Gasteiger partial charge in [-0.05, 0) is 56.1 Å². The fraction of sp³-hybridized carbons (Fsp3) is 0.375. The summed E-state index contributed by atoms with van der Waals surface area (Å²) in [6.07, 6.45) is 2.75. The molecule has 0 spiro atoms. The number of hydrogen-bond acceptors (Lipinski definition) is 2. The van der Waals surface area contributed by atoms with Crippen LogP contribution in [0.2, 0.25) is 0 Å². The van der Waals surface area contributed by atoms with Crippen LogP contribution in [-0.4, -0.2) is 6.54 Å².